The molecule has 0 aliphatic carbocycles. The highest BCUT2D eigenvalue weighted by Crippen LogP contribution is 2.23. The average Bonchev–Trinajstić information content (AvgIpc) is 2.75. The molecule has 28 heavy (non-hydrogen) atoms. The first-order valence-corrected chi connectivity index (χ1v) is 10.0. The Morgan fingerprint density at radius 1 is 1.07 bits per heavy atom. The van der Waals surface area contributed by atoms with Gasteiger partial charge in [0.1, 0.15) is 0 Å². The molecule has 5 heteroatoms. The second-order valence-electron chi connectivity index (χ2n) is 7.26. The summed E-state index contributed by atoms with van der Waals surface area (Å²) in [6.45, 7) is 10.5. The molecule has 0 aliphatic heterocycles. The van der Waals surface area contributed by atoms with Crippen LogP contribution >= 0.6 is 0 Å². The van der Waals surface area contributed by atoms with Crippen molar-refractivity contribution in [2.45, 2.75) is 20.8 Å². The van der Waals surface area contributed by atoms with Crippen LogP contribution in [0.3, 0.4) is 0 Å². The fourth-order valence-electron chi connectivity index (χ4n) is 3.47. The summed E-state index contributed by atoms with van der Waals surface area (Å²) in [4.78, 5) is 23.6. The summed E-state index contributed by atoms with van der Waals surface area (Å²) in [5.74, 6) is 0.361. The van der Waals surface area contributed by atoms with Crippen molar-refractivity contribution in [1.82, 2.24) is 15.3 Å². The fraction of sp³-hybridized carbons (Fsp3) is 0.348. The maximum atomic E-state index is 13.0. The Labute approximate surface area is 166 Å². The van der Waals surface area contributed by atoms with Gasteiger partial charge in [-0.05, 0) is 38.1 Å². The summed E-state index contributed by atoms with van der Waals surface area (Å²) in [5, 5.41) is 3.99. The predicted molar refractivity (Wildman–Crippen MR) is 113 cm³/mol. The quantitative estimate of drug-likeness (QED) is 0.634. The summed E-state index contributed by atoms with van der Waals surface area (Å²) in [7, 11) is 0. The van der Waals surface area contributed by atoms with Gasteiger partial charge in [0.25, 0.3) is 5.91 Å². The molecule has 0 bridgehead atoms. The van der Waals surface area contributed by atoms with E-state index in [1.165, 1.54) is 0 Å². The number of benzene rings is 1. The van der Waals surface area contributed by atoms with Gasteiger partial charge in [0, 0.05) is 24.0 Å². The topological polar surface area (TPSA) is 59.3 Å². The number of hydrogen-bond acceptors (Lipinski definition) is 3. The molecule has 3 rings (SSSR count). The van der Waals surface area contributed by atoms with Gasteiger partial charge in [0.2, 0.25) is 0 Å². The monoisotopic (exact) mass is 377 g/mol. The van der Waals surface area contributed by atoms with E-state index in [1.54, 1.807) is 11.1 Å². The molecule has 146 valence electrons. The minimum absolute atomic E-state index is 0.0582. The lowest BCUT2D eigenvalue weighted by atomic mass is 10.0. The molecule has 2 aromatic heterocycles. The van der Waals surface area contributed by atoms with Crippen LogP contribution in [-0.2, 0) is 0 Å². The van der Waals surface area contributed by atoms with Crippen LogP contribution in [0.25, 0.3) is 22.3 Å². The number of carbonyl (C=O) groups excluding carboxylic acids is 1. The van der Waals surface area contributed by atoms with Gasteiger partial charge in [-0.25, -0.2) is 4.98 Å². The molecular formula is C23H29N4O+. The largest absolute Gasteiger partial charge is 0.352 e. The van der Waals surface area contributed by atoms with Crippen LogP contribution in [0.4, 0.5) is 0 Å². The second kappa shape index (κ2) is 9.42. The van der Waals surface area contributed by atoms with Crippen LogP contribution in [0, 0.1) is 5.92 Å². The lowest BCUT2D eigenvalue weighted by Crippen LogP contribution is -3.12. The average molecular weight is 378 g/mol. The zero-order valence-electron chi connectivity index (χ0n) is 16.9. The van der Waals surface area contributed by atoms with E-state index in [9.17, 15) is 4.79 Å². The highest BCUT2D eigenvalue weighted by molar-refractivity contribution is 6.07. The van der Waals surface area contributed by atoms with Crippen LogP contribution in [0.2, 0.25) is 0 Å². The Kier molecular flexibility index (Phi) is 6.71. The number of fused-ring (bicyclic) bond motifs is 1. The molecule has 0 fully saturated rings. The van der Waals surface area contributed by atoms with Crippen molar-refractivity contribution in [3.8, 4) is 11.4 Å². The molecule has 1 unspecified atom stereocenters. The van der Waals surface area contributed by atoms with Crippen molar-refractivity contribution in [2.24, 2.45) is 5.92 Å². The number of carbonyl (C=O) groups is 1. The van der Waals surface area contributed by atoms with Crippen LogP contribution in [-0.4, -0.2) is 42.1 Å². The van der Waals surface area contributed by atoms with Crippen molar-refractivity contribution in [1.29, 1.82) is 0 Å². The molecule has 0 radical (unpaired) electrons. The third kappa shape index (κ3) is 4.73. The van der Waals surface area contributed by atoms with Crippen molar-refractivity contribution in [3.05, 3.63) is 60.3 Å². The van der Waals surface area contributed by atoms with E-state index >= 15 is 0 Å². The molecule has 5 nitrogen and oxygen atoms in total. The summed E-state index contributed by atoms with van der Waals surface area (Å²) >= 11 is 0. The number of quaternary nitrogens is 1. The highest BCUT2D eigenvalue weighted by Gasteiger charge is 2.16. The number of pyridine rings is 2. The van der Waals surface area contributed by atoms with Gasteiger partial charge in [-0.3, -0.25) is 9.78 Å². The summed E-state index contributed by atoms with van der Waals surface area (Å²) in [6.07, 6.45) is 1.74. The predicted octanol–water partition coefficient (Wildman–Crippen LogP) is 2.59. The number of hydrogen-bond donors (Lipinski definition) is 2. The molecule has 2 heterocycles. The lowest BCUT2D eigenvalue weighted by Gasteiger charge is -2.20. The van der Waals surface area contributed by atoms with Crippen molar-refractivity contribution >= 4 is 16.8 Å². The summed E-state index contributed by atoms with van der Waals surface area (Å²) < 4.78 is 0. The van der Waals surface area contributed by atoms with E-state index in [2.05, 4.69) is 31.1 Å². The SMILES string of the molecule is CC[NH+](CC)CC(C)CNC(=O)c1cc(-c2ccccn2)nc2ccccc12. The Morgan fingerprint density at radius 3 is 2.54 bits per heavy atom. The van der Waals surface area contributed by atoms with Gasteiger partial charge >= 0.3 is 0 Å². The van der Waals surface area contributed by atoms with Crippen LogP contribution < -0.4 is 10.2 Å². The van der Waals surface area contributed by atoms with Gasteiger partial charge in [0.05, 0.1) is 42.1 Å². The maximum Gasteiger partial charge on any atom is 0.252 e. The Morgan fingerprint density at radius 2 is 1.82 bits per heavy atom. The van der Waals surface area contributed by atoms with Crippen molar-refractivity contribution in [2.75, 3.05) is 26.2 Å². The van der Waals surface area contributed by atoms with Crippen LogP contribution in [0.5, 0.6) is 0 Å². The van der Waals surface area contributed by atoms with Crippen LogP contribution in [0.15, 0.2) is 54.7 Å². The van der Waals surface area contributed by atoms with Gasteiger partial charge < -0.3 is 10.2 Å². The summed E-state index contributed by atoms with van der Waals surface area (Å²) in [6, 6.07) is 15.3. The highest BCUT2D eigenvalue weighted by atomic mass is 16.1. The van der Waals surface area contributed by atoms with Crippen molar-refractivity contribution in [3.63, 3.8) is 0 Å². The molecule has 0 saturated heterocycles. The zero-order valence-corrected chi connectivity index (χ0v) is 16.9. The third-order valence-electron chi connectivity index (χ3n) is 5.14. The molecular weight excluding hydrogens is 348 g/mol. The number of nitrogens with zero attached hydrogens (tertiary/aromatic N) is 2. The maximum absolute atomic E-state index is 13.0. The van der Waals surface area contributed by atoms with E-state index in [4.69, 9.17) is 4.98 Å². The Hall–Kier alpha value is -2.79. The summed E-state index contributed by atoms with van der Waals surface area (Å²) in [5.41, 5.74) is 2.93. The normalized spacial score (nSPS) is 12.3. The number of para-hydroxylation sites is 1. The van der Waals surface area contributed by atoms with Gasteiger partial charge in [-0.1, -0.05) is 31.2 Å². The number of rotatable bonds is 8. The lowest BCUT2D eigenvalue weighted by molar-refractivity contribution is -0.899. The first-order chi connectivity index (χ1) is 13.6. The zero-order chi connectivity index (χ0) is 19.9. The molecule has 3 aromatic rings. The van der Waals surface area contributed by atoms with E-state index in [1.807, 2.05) is 48.5 Å². The molecule has 1 aromatic carbocycles. The van der Waals surface area contributed by atoms with Gasteiger partial charge in [0.15, 0.2) is 0 Å². The van der Waals surface area contributed by atoms with E-state index in [-0.39, 0.29) is 5.91 Å². The first kappa shape index (κ1) is 20.0. The minimum Gasteiger partial charge on any atom is -0.352 e. The molecule has 0 aliphatic rings. The van der Waals surface area contributed by atoms with E-state index in [0.29, 0.717) is 23.7 Å². The smallest absolute Gasteiger partial charge is 0.252 e. The van der Waals surface area contributed by atoms with Gasteiger partial charge in [-0.2, -0.15) is 0 Å². The number of nitrogens with one attached hydrogen (secondary N) is 2. The number of aromatic nitrogens is 2. The minimum atomic E-state index is -0.0582. The molecule has 1 amide bonds. The van der Waals surface area contributed by atoms with Crippen LogP contribution in [0.1, 0.15) is 31.1 Å². The van der Waals surface area contributed by atoms with E-state index < -0.39 is 0 Å². The van der Waals surface area contributed by atoms with Crippen molar-refractivity contribution < 1.29 is 9.69 Å². The van der Waals surface area contributed by atoms with Gasteiger partial charge in [-0.15, -0.1) is 0 Å². The number of amides is 1. The molecule has 0 spiro atoms. The van der Waals surface area contributed by atoms with E-state index in [0.717, 1.165) is 36.2 Å². The molecule has 0 saturated carbocycles. The molecule has 2 N–H and O–H groups in total. The second-order valence-corrected chi connectivity index (χ2v) is 7.26. The Bertz CT molecular complexity index is 922. The fourth-order valence-corrected chi connectivity index (χ4v) is 3.47. The Balaban J connectivity index is 1.84. The third-order valence-corrected chi connectivity index (χ3v) is 5.14. The molecule has 1 atom stereocenters. The first-order valence-electron chi connectivity index (χ1n) is 10.0. The standard InChI is InChI=1S/C23H28N4O/c1-4-27(5-2)16-17(3)15-25-23(28)19-14-22(21-12-8-9-13-24-21)26-20-11-7-6-10-18(19)20/h6-14,17H,4-5,15-16H2,1-3H3,(H,25,28)/p+1.